The lowest BCUT2D eigenvalue weighted by Gasteiger charge is -2.18. The summed E-state index contributed by atoms with van der Waals surface area (Å²) in [5, 5.41) is 0.109. The van der Waals surface area contributed by atoms with E-state index in [2.05, 4.69) is 34.1 Å². The second-order valence-electron chi connectivity index (χ2n) is 4.80. The Labute approximate surface area is 126 Å². The van der Waals surface area contributed by atoms with Crippen molar-refractivity contribution in [3.63, 3.8) is 0 Å². The molecule has 2 atom stereocenters. The van der Waals surface area contributed by atoms with Gasteiger partial charge in [-0.05, 0) is 35.7 Å². The molecule has 0 aromatic heterocycles. The van der Waals surface area contributed by atoms with Gasteiger partial charge in [0.25, 0.3) is 0 Å². The number of ether oxygens (including phenoxy) is 1. The van der Waals surface area contributed by atoms with Crippen molar-refractivity contribution >= 4 is 27.5 Å². The molecule has 0 aliphatic carbocycles. The van der Waals surface area contributed by atoms with E-state index in [1.807, 2.05) is 30.3 Å². The van der Waals surface area contributed by atoms with Crippen molar-refractivity contribution < 1.29 is 4.74 Å². The molecule has 0 fully saturated rings. The van der Waals surface area contributed by atoms with Gasteiger partial charge in [-0.15, -0.1) is 11.6 Å². The summed E-state index contributed by atoms with van der Waals surface area (Å²) in [4.78, 5) is 0. The summed E-state index contributed by atoms with van der Waals surface area (Å²) >= 11 is 9.89. The Hall–Kier alpha value is -0.990. The van der Waals surface area contributed by atoms with Gasteiger partial charge in [0.1, 0.15) is 11.9 Å². The maximum absolute atomic E-state index is 6.44. The van der Waals surface area contributed by atoms with E-state index >= 15 is 0 Å². The van der Waals surface area contributed by atoms with Gasteiger partial charge in [-0.1, -0.05) is 46.3 Å². The van der Waals surface area contributed by atoms with E-state index in [-0.39, 0.29) is 11.5 Å². The Balaban J connectivity index is 1.93. The van der Waals surface area contributed by atoms with Crippen LogP contribution in [0.1, 0.15) is 23.7 Å². The maximum Gasteiger partial charge on any atom is 0.125 e. The molecule has 3 heteroatoms. The van der Waals surface area contributed by atoms with E-state index in [0.29, 0.717) is 0 Å². The SMILES string of the molecule is Cl[C@@H]1Cc2ccccc2O[C@H](c2ccc(Br)cc2)C1. The first-order valence-corrected chi connectivity index (χ1v) is 7.59. The Morgan fingerprint density at radius 2 is 1.79 bits per heavy atom. The van der Waals surface area contributed by atoms with Gasteiger partial charge in [-0.25, -0.2) is 0 Å². The van der Waals surface area contributed by atoms with Crippen LogP contribution in [0, 0.1) is 0 Å². The summed E-state index contributed by atoms with van der Waals surface area (Å²) in [5.41, 5.74) is 2.37. The average molecular weight is 338 g/mol. The number of rotatable bonds is 1. The molecule has 0 spiro atoms. The number of halogens is 2. The van der Waals surface area contributed by atoms with Crippen LogP contribution in [0.3, 0.4) is 0 Å². The Bertz CT molecular complexity index is 567. The first-order valence-electron chi connectivity index (χ1n) is 6.36. The minimum Gasteiger partial charge on any atom is -0.485 e. The van der Waals surface area contributed by atoms with E-state index in [9.17, 15) is 0 Å². The van der Waals surface area contributed by atoms with Crippen LogP contribution in [0.15, 0.2) is 53.0 Å². The largest absolute Gasteiger partial charge is 0.485 e. The van der Waals surface area contributed by atoms with Crippen molar-refractivity contribution in [2.45, 2.75) is 24.3 Å². The van der Waals surface area contributed by atoms with E-state index in [4.69, 9.17) is 16.3 Å². The average Bonchev–Trinajstić information content (AvgIpc) is 2.57. The van der Waals surface area contributed by atoms with E-state index in [1.54, 1.807) is 0 Å². The summed E-state index contributed by atoms with van der Waals surface area (Å²) in [7, 11) is 0. The molecule has 19 heavy (non-hydrogen) atoms. The van der Waals surface area contributed by atoms with Crippen LogP contribution in [0.4, 0.5) is 0 Å². The fourth-order valence-electron chi connectivity index (χ4n) is 2.42. The van der Waals surface area contributed by atoms with Crippen LogP contribution in [0.25, 0.3) is 0 Å². The monoisotopic (exact) mass is 336 g/mol. The third kappa shape index (κ3) is 2.96. The lowest BCUT2D eigenvalue weighted by molar-refractivity contribution is 0.201. The quantitative estimate of drug-likeness (QED) is 0.656. The van der Waals surface area contributed by atoms with E-state index in [1.165, 1.54) is 11.1 Å². The van der Waals surface area contributed by atoms with Crippen molar-refractivity contribution in [2.24, 2.45) is 0 Å². The Morgan fingerprint density at radius 3 is 2.58 bits per heavy atom. The van der Waals surface area contributed by atoms with Crippen LogP contribution < -0.4 is 4.74 Å². The Kier molecular flexibility index (Phi) is 3.81. The predicted molar refractivity (Wildman–Crippen MR) is 81.9 cm³/mol. The maximum atomic E-state index is 6.44. The molecular weight excluding hydrogens is 324 g/mol. The van der Waals surface area contributed by atoms with Crippen molar-refractivity contribution in [3.05, 3.63) is 64.1 Å². The van der Waals surface area contributed by atoms with Gasteiger partial charge in [-0.3, -0.25) is 0 Å². The number of alkyl halides is 1. The topological polar surface area (TPSA) is 9.23 Å². The summed E-state index contributed by atoms with van der Waals surface area (Å²) in [6.07, 6.45) is 1.72. The smallest absolute Gasteiger partial charge is 0.125 e. The fraction of sp³-hybridized carbons (Fsp3) is 0.250. The zero-order valence-corrected chi connectivity index (χ0v) is 12.7. The molecule has 2 aromatic rings. The molecule has 0 saturated carbocycles. The highest BCUT2D eigenvalue weighted by molar-refractivity contribution is 9.10. The lowest BCUT2D eigenvalue weighted by atomic mass is 10.0. The van der Waals surface area contributed by atoms with Gasteiger partial charge in [0.15, 0.2) is 0 Å². The normalized spacial score (nSPS) is 22.2. The molecule has 0 unspecified atom stereocenters. The summed E-state index contributed by atoms with van der Waals surface area (Å²) in [6.45, 7) is 0. The molecule has 0 radical (unpaired) electrons. The number of benzene rings is 2. The van der Waals surface area contributed by atoms with Gasteiger partial charge >= 0.3 is 0 Å². The molecule has 0 saturated heterocycles. The van der Waals surface area contributed by atoms with Gasteiger partial charge < -0.3 is 4.74 Å². The van der Waals surface area contributed by atoms with Crippen LogP contribution in [0.2, 0.25) is 0 Å². The summed E-state index contributed by atoms with van der Waals surface area (Å²) in [6, 6.07) is 16.4. The standard InChI is InChI=1S/C16H14BrClO/c17-13-7-5-11(6-8-13)16-10-14(18)9-12-3-1-2-4-15(12)19-16/h1-8,14,16H,9-10H2/t14-,16+/m1/s1. The lowest BCUT2D eigenvalue weighted by Crippen LogP contribution is -2.11. The molecule has 1 aliphatic heterocycles. The molecule has 98 valence electrons. The van der Waals surface area contributed by atoms with Crippen LogP contribution in [-0.4, -0.2) is 5.38 Å². The molecular formula is C16H14BrClO. The van der Waals surface area contributed by atoms with Crippen LogP contribution in [-0.2, 0) is 6.42 Å². The molecule has 0 bridgehead atoms. The third-order valence-electron chi connectivity index (χ3n) is 3.39. The zero-order chi connectivity index (χ0) is 13.2. The van der Waals surface area contributed by atoms with Gasteiger partial charge in [0.05, 0.1) is 0 Å². The van der Waals surface area contributed by atoms with E-state index < -0.39 is 0 Å². The molecule has 1 heterocycles. The third-order valence-corrected chi connectivity index (χ3v) is 4.26. The van der Waals surface area contributed by atoms with Crippen molar-refractivity contribution in [1.82, 2.24) is 0 Å². The highest BCUT2D eigenvalue weighted by atomic mass is 79.9. The van der Waals surface area contributed by atoms with Crippen molar-refractivity contribution in [2.75, 3.05) is 0 Å². The molecule has 1 aliphatic rings. The molecule has 2 aromatic carbocycles. The second-order valence-corrected chi connectivity index (χ2v) is 6.34. The minimum absolute atomic E-state index is 0.0271. The minimum atomic E-state index is 0.0271. The molecule has 3 rings (SSSR count). The highest BCUT2D eigenvalue weighted by Gasteiger charge is 2.24. The Morgan fingerprint density at radius 1 is 1.05 bits per heavy atom. The number of para-hydroxylation sites is 1. The zero-order valence-electron chi connectivity index (χ0n) is 10.4. The second kappa shape index (κ2) is 5.56. The van der Waals surface area contributed by atoms with Gasteiger partial charge in [0, 0.05) is 16.3 Å². The molecule has 0 N–H and O–H groups in total. The van der Waals surface area contributed by atoms with Crippen molar-refractivity contribution in [3.8, 4) is 5.75 Å². The summed E-state index contributed by atoms with van der Waals surface area (Å²) in [5.74, 6) is 0.957. The highest BCUT2D eigenvalue weighted by Crippen LogP contribution is 2.35. The summed E-state index contributed by atoms with van der Waals surface area (Å²) < 4.78 is 7.23. The molecule has 1 nitrogen and oxygen atoms in total. The number of hydrogen-bond acceptors (Lipinski definition) is 1. The first kappa shape index (κ1) is 13.0. The van der Waals surface area contributed by atoms with Gasteiger partial charge in [0.2, 0.25) is 0 Å². The number of fused-ring (bicyclic) bond motifs is 1. The fourth-order valence-corrected chi connectivity index (χ4v) is 3.02. The molecule has 0 amide bonds. The van der Waals surface area contributed by atoms with Crippen molar-refractivity contribution in [1.29, 1.82) is 0 Å². The van der Waals surface area contributed by atoms with Gasteiger partial charge in [-0.2, -0.15) is 0 Å². The van der Waals surface area contributed by atoms with Crippen LogP contribution >= 0.6 is 27.5 Å². The van der Waals surface area contributed by atoms with E-state index in [0.717, 1.165) is 23.1 Å². The number of hydrogen-bond donors (Lipinski definition) is 0. The van der Waals surface area contributed by atoms with Crippen LogP contribution in [0.5, 0.6) is 5.75 Å². The first-order chi connectivity index (χ1) is 9.22. The predicted octanol–water partition coefficient (Wildman–Crippen LogP) is 5.12.